The summed E-state index contributed by atoms with van der Waals surface area (Å²) in [6, 6.07) is 22.4. The Labute approximate surface area is 176 Å². The fraction of sp³-hybridized carbons (Fsp3) is 0.0476. The van der Waals surface area contributed by atoms with Crippen LogP contribution in [0.15, 0.2) is 77.9 Å². The van der Waals surface area contributed by atoms with E-state index in [1.165, 1.54) is 3.57 Å². The molecule has 3 rings (SSSR count). The second kappa shape index (κ2) is 9.53. The molecular weight excluding hydrogens is 475 g/mol. The monoisotopic (exact) mass is 490 g/mol. The van der Waals surface area contributed by atoms with Crippen molar-refractivity contribution < 1.29 is 9.53 Å². The third-order valence-electron chi connectivity index (χ3n) is 3.67. The van der Waals surface area contributed by atoms with Gasteiger partial charge in [0.1, 0.15) is 12.4 Å². The van der Waals surface area contributed by atoms with Crippen LogP contribution in [0.1, 0.15) is 21.5 Å². The van der Waals surface area contributed by atoms with Gasteiger partial charge in [0.2, 0.25) is 0 Å². The minimum absolute atomic E-state index is 0.314. The minimum atomic E-state index is -0.314. The maximum Gasteiger partial charge on any atom is 0.271 e. The molecule has 4 nitrogen and oxygen atoms in total. The van der Waals surface area contributed by atoms with E-state index >= 15 is 0 Å². The zero-order valence-corrected chi connectivity index (χ0v) is 17.1. The molecule has 0 fully saturated rings. The molecule has 0 spiro atoms. The smallest absolute Gasteiger partial charge is 0.271 e. The van der Waals surface area contributed by atoms with E-state index < -0.39 is 0 Å². The lowest BCUT2D eigenvalue weighted by molar-refractivity contribution is 0.0955. The van der Waals surface area contributed by atoms with Crippen LogP contribution in [-0.4, -0.2) is 12.1 Å². The highest BCUT2D eigenvalue weighted by atomic mass is 127. The zero-order chi connectivity index (χ0) is 19.1. The molecule has 6 heteroatoms. The quantitative estimate of drug-likeness (QED) is 0.290. The van der Waals surface area contributed by atoms with Crippen LogP contribution in [0.4, 0.5) is 0 Å². The SMILES string of the molecule is O=C(N/N=C\c1ccc(OCc2ccc(I)cc2)cc1)c1cccc(Cl)c1. The Morgan fingerprint density at radius 1 is 1.07 bits per heavy atom. The number of rotatable bonds is 6. The molecule has 0 saturated carbocycles. The van der Waals surface area contributed by atoms with Gasteiger partial charge < -0.3 is 4.74 Å². The summed E-state index contributed by atoms with van der Waals surface area (Å²) in [7, 11) is 0. The second-order valence-electron chi connectivity index (χ2n) is 5.69. The van der Waals surface area contributed by atoms with Gasteiger partial charge in [-0.2, -0.15) is 5.10 Å². The predicted octanol–water partition coefficient (Wildman–Crippen LogP) is 5.29. The highest BCUT2D eigenvalue weighted by molar-refractivity contribution is 14.1. The van der Waals surface area contributed by atoms with Gasteiger partial charge in [-0.25, -0.2) is 5.43 Å². The van der Waals surface area contributed by atoms with Crippen molar-refractivity contribution in [2.75, 3.05) is 0 Å². The molecule has 0 atom stereocenters. The minimum Gasteiger partial charge on any atom is -0.489 e. The number of ether oxygens (including phenoxy) is 1. The van der Waals surface area contributed by atoms with Crippen molar-refractivity contribution in [2.24, 2.45) is 5.10 Å². The topological polar surface area (TPSA) is 50.7 Å². The summed E-state index contributed by atoms with van der Waals surface area (Å²) in [6.07, 6.45) is 1.57. The van der Waals surface area contributed by atoms with Crippen LogP contribution in [0.25, 0.3) is 0 Å². The van der Waals surface area contributed by atoms with Crippen LogP contribution in [0, 0.1) is 3.57 Å². The molecule has 0 unspecified atom stereocenters. The molecule has 0 aliphatic heterocycles. The molecule has 0 heterocycles. The Balaban J connectivity index is 1.51. The number of halogens is 2. The van der Waals surface area contributed by atoms with Crippen molar-refractivity contribution in [1.82, 2.24) is 5.43 Å². The van der Waals surface area contributed by atoms with E-state index in [0.717, 1.165) is 16.9 Å². The van der Waals surface area contributed by atoms with Crippen LogP contribution in [0.3, 0.4) is 0 Å². The van der Waals surface area contributed by atoms with Crippen LogP contribution >= 0.6 is 34.2 Å². The molecule has 136 valence electrons. The number of nitrogens with one attached hydrogen (secondary N) is 1. The molecular formula is C21H16ClIN2O2. The molecule has 0 aliphatic rings. The average molecular weight is 491 g/mol. The third-order valence-corrected chi connectivity index (χ3v) is 4.62. The van der Waals surface area contributed by atoms with Gasteiger partial charge in [-0.3, -0.25) is 4.79 Å². The van der Waals surface area contributed by atoms with Gasteiger partial charge in [0.05, 0.1) is 6.21 Å². The number of amides is 1. The molecule has 1 amide bonds. The van der Waals surface area contributed by atoms with E-state index in [0.29, 0.717) is 17.2 Å². The first-order valence-electron chi connectivity index (χ1n) is 8.16. The molecule has 3 aromatic rings. The lowest BCUT2D eigenvalue weighted by Crippen LogP contribution is -2.17. The number of nitrogens with zero attached hydrogens (tertiary/aromatic N) is 1. The van der Waals surface area contributed by atoms with E-state index in [-0.39, 0.29) is 5.91 Å². The van der Waals surface area contributed by atoms with E-state index in [9.17, 15) is 4.79 Å². The largest absolute Gasteiger partial charge is 0.489 e. The molecule has 0 aliphatic carbocycles. The number of hydrogen-bond donors (Lipinski definition) is 1. The van der Waals surface area contributed by atoms with Gasteiger partial charge in [0, 0.05) is 14.2 Å². The van der Waals surface area contributed by atoms with Crippen LogP contribution < -0.4 is 10.2 Å². The summed E-state index contributed by atoms with van der Waals surface area (Å²) < 4.78 is 6.97. The first-order valence-corrected chi connectivity index (χ1v) is 9.62. The Morgan fingerprint density at radius 3 is 2.52 bits per heavy atom. The molecule has 0 bridgehead atoms. The fourth-order valence-corrected chi connectivity index (χ4v) is 2.81. The van der Waals surface area contributed by atoms with Crippen molar-refractivity contribution in [3.8, 4) is 5.75 Å². The molecule has 0 saturated heterocycles. The van der Waals surface area contributed by atoms with Crippen molar-refractivity contribution in [3.63, 3.8) is 0 Å². The van der Waals surface area contributed by atoms with E-state index in [1.54, 1.807) is 30.5 Å². The predicted molar refractivity (Wildman–Crippen MR) is 116 cm³/mol. The highest BCUT2D eigenvalue weighted by Gasteiger charge is 2.04. The molecule has 0 radical (unpaired) electrons. The summed E-state index contributed by atoms with van der Waals surface area (Å²) in [4.78, 5) is 12.0. The Kier molecular flexibility index (Phi) is 6.84. The number of benzene rings is 3. The maximum absolute atomic E-state index is 12.0. The van der Waals surface area contributed by atoms with E-state index in [2.05, 4.69) is 45.3 Å². The first-order chi connectivity index (χ1) is 13.1. The lowest BCUT2D eigenvalue weighted by atomic mass is 10.2. The first kappa shape index (κ1) is 19.4. The highest BCUT2D eigenvalue weighted by Crippen LogP contribution is 2.14. The summed E-state index contributed by atoms with van der Waals surface area (Å²) in [5.41, 5.74) is 4.90. The van der Waals surface area contributed by atoms with Crippen LogP contribution in [0.5, 0.6) is 5.75 Å². The van der Waals surface area contributed by atoms with E-state index in [4.69, 9.17) is 16.3 Å². The average Bonchev–Trinajstić information content (AvgIpc) is 2.68. The Hall–Kier alpha value is -2.38. The zero-order valence-electron chi connectivity index (χ0n) is 14.2. The number of hydrazone groups is 1. The van der Waals surface area contributed by atoms with Gasteiger partial charge >= 0.3 is 0 Å². The van der Waals surface area contributed by atoms with Gasteiger partial charge in [-0.1, -0.05) is 29.8 Å². The summed E-state index contributed by atoms with van der Waals surface area (Å²) in [5.74, 6) is 0.458. The summed E-state index contributed by atoms with van der Waals surface area (Å²) in [5, 5.41) is 4.48. The maximum atomic E-state index is 12.0. The molecule has 3 aromatic carbocycles. The standard InChI is InChI=1S/C21H16ClIN2O2/c22-18-3-1-2-17(12-18)21(26)25-24-13-15-6-10-20(11-7-15)27-14-16-4-8-19(23)9-5-16/h1-13H,14H2,(H,25,26)/b24-13-. The second-order valence-corrected chi connectivity index (χ2v) is 7.38. The van der Waals surface area contributed by atoms with Gasteiger partial charge in [-0.05, 0) is 88.3 Å². The summed E-state index contributed by atoms with van der Waals surface area (Å²) >= 11 is 8.15. The number of hydrogen-bond acceptors (Lipinski definition) is 3. The molecule has 0 aromatic heterocycles. The van der Waals surface area contributed by atoms with Crippen molar-refractivity contribution >= 4 is 46.3 Å². The van der Waals surface area contributed by atoms with Crippen molar-refractivity contribution in [3.05, 3.63) is 98.1 Å². The molecule has 27 heavy (non-hydrogen) atoms. The molecule has 1 N–H and O–H groups in total. The number of carbonyl (C=O) groups excluding carboxylic acids is 1. The van der Waals surface area contributed by atoms with Crippen molar-refractivity contribution in [1.29, 1.82) is 0 Å². The Bertz CT molecular complexity index is 941. The summed E-state index contributed by atoms with van der Waals surface area (Å²) in [6.45, 7) is 0.514. The van der Waals surface area contributed by atoms with E-state index in [1.807, 2.05) is 36.4 Å². The third kappa shape index (κ3) is 6.08. The normalized spacial score (nSPS) is 10.7. The fourth-order valence-electron chi connectivity index (χ4n) is 2.26. The van der Waals surface area contributed by atoms with Crippen molar-refractivity contribution in [2.45, 2.75) is 6.61 Å². The van der Waals surface area contributed by atoms with Crippen LogP contribution in [0.2, 0.25) is 5.02 Å². The lowest BCUT2D eigenvalue weighted by Gasteiger charge is -2.06. The van der Waals surface area contributed by atoms with Gasteiger partial charge in [0.15, 0.2) is 0 Å². The Morgan fingerprint density at radius 2 is 1.81 bits per heavy atom. The van der Waals surface area contributed by atoms with Gasteiger partial charge in [-0.15, -0.1) is 0 Å². The van der Waals surface area contributed by atoms with Crippen LogP contribution in [-0.2, 0) is 6.61 Å². The van der Waals surface area contributed by atoms with Gasteiger partial charge in [0.25, 0.3) is 5.91 Å². The number of carbonyl (C=O) groups is 1.